The molecule has 22 heavy (non-hydrogen) atoms. The molecule has 0 radical (unpaired) electrons. The monoisotopic (exact) mass is 291 g/mol. The minimum atomic E-state index is -0.337. The average Bonchev–Trinajstić information content (AvgIpc) is 2.52. The first-order valence-electron chi connectivity index (χ1n) is 7.41. The highest BCUT2D eigenvalue weighted by atomic mass is 16.1. The van der Waals surface area contributed by atoms with Gasteiger partial charge in [0.2, 0.25) is 0 Å². The Bertz CT molecular complexity index is 869. The summed E-state index contributed by atoms with van der Waals surface area (Å²) < 4.78 is 1.36. The molecule has 1 aromatic carbocycles. The third-order valence-corrected chi connectivity index (χ3v) is 4.08. The molecule has 0 bridgehead atoms. The van der Waals surface area contributed by atoms with Crippen molar-refractivity contribution in [1.29, 1.82) is 5.26 Å². The van der Waals surface area contributed by atoms with Gasteiger partial charge in [0.1, 0.15) is 11.6 Å². The van der Waals surface area contributed by atoms with E-state index in [9.17, 15) is 4.79 Å². The number of pyridine rings is 1. The normalized spacial score (nSPS) is 15.4. The van der Waals surface area contributed by atoms with Gasteiger partial charge in [-0.1, -0.05) is 24.3 Å². The molecule has 0 unspecified atom stereocenters. The minimum Gasteiger partial charge on any atom is -0.266 e. The lowest BCUT2D eigenvalue weighted by atomic mass is 9.90. The summed E-state index contributed by atoms with van der Waals surface area (Å²) in [5, 5.41) is 13.7. The molecule has 1 heterocycles. The third kappa shape index (κ3) is 2.35. The van der Waals surface area contributed by atoms with Gasteiger partial charge in [0, 0.05) is 11.3 Å². The van der Waals surface area contributed by atoms with Crippen molar-refractivity contribution in [2.75, 3.05) is 0 Å². The van der Waals surface area contributed by atoms with E-state index in [0.29, 0.717) is 5.56 Å². The molecule has 0 fully saturated rings. The van der Waals surface area contributed by atoms with E-state index in [1.165, 1.54) is 10.2 Å². The molecule has 0 amide bonds. The number of fused-ring (bicyclic) bond motifs is 1. The third-order valence-electron chi connectivity index (χ3n) is 4.08. The highest BCUT2D eigenvalue weighted by Gasteiger charge is 2.16. The molecule has 0 N–H and O–H groups in total. The molecule has 1 aromatic heterocycles. The van der Waals surface area contributed by atoms with Crippen LogP contribution in [-0.2, 0) is 6.42 Å². The molecular formula is C18H17N3O. The Morgan fingerprint density at radius 2 is 2.00 bits per heavy atom. The van der Waals surface area contributed by atoms with E-state index >= 15 is 0 Å². The minimum absolute atomic E-state index is 0.166. The largest absolute Gasteiger partial charge is 0.289 e. The van der Waals surface area contributed by atoms with Crippen LogP contribution in [0.15, 0.2) is 40.2 Å². The molecule has 1 aliphatic carbocycles. The van der Waals surface area contributed by atoms with Crippen molar-refractivity contribution in [3.8, 4) is 6.07 Å². The molecule has 0 spiro atoms. The van der Waals surface area contributed by atoms with Crippen LogP contribution in [0, 0.1) is 25.2 Å². The van der Waals surface area contributed by atoms with Crippen molar-refractivity contribution in [3.05, 3.63) is 68.6 Å². The zero-order chi connectivity index (χ0) is 15.7. The van der Waals surface area contributed by atoms with Gasteiger partial charge in [0.15, 0.2) is 0 Å². The highest BCUT2D eigenvalue weighted by molar-refractivity contribution is 6.02. The van der Waals surface area contributed by atoms with Crippen LogP contribution in [0.1, 0.15) is 40.8 Å². The number of rotatable bonds is 1. The lowest BCUT2D eigenvalue weighted by Crippen LogP contribution is -2.25. The summed E-state index contributed by atoms with van der Waals surface area (Å²) in [5.41, 5.74) is 4.57. The molecule has 0 aliphatic heterocycles. The molecule has 0 saturated heterocycles. The van der Waals surface area contributed by atoms with Crippen LogP contribution in [0.2, 0.25) is 0 Å². The Labute approximate surface area is 129 Å². The molecule has 0 saturated carbocycles. The summed E-state index contributed by atoms with van der Waals surface area (Å²) in [6.07, 6.45) is 2.92. The van der Waals surface area contributed by atoms with Gasteiger partial charge in [-0.3, -0.25) is 4.79 Å². The first-order valence-corrected chi connectivity index (χ1v) is 7.41. The van der Waals surface area contributed by atoms with Gasteiger partial charge in [-0.2, -0.15) is 10.4 Å². The van der Waals surface area contributed by atoms with E-state index in [-0.39, 0.29) is 11.1 Å². The summed E-state index contributed by atoms with van der Waals surface area (Å²) in [6, 6.07) is 12.0. The standard InChI is InChI=1S/C18H17N3O/c1-12-10-13(2)21(18(22)16(12)11-19)20-17-9-5-7-14-6-3-4-8-15(14)17/h3-4,6,8,10H,5,7,9H2,1-2H3. The maximum absolute atomic E-state index is 12.5. The lowest BCUT2D eigenvalue weighted by Gasteiger charge is -2.18. The maximum Gasteiger partial charge on any atom is 0.289 e. The fourth-order valence-electron chi connectivity index (χ4n) is 2.97. The van der Waals surface area contributed by atoms with E-state index in [2.05, 4.69) is 11.2 Å². The van der Waals surface area contributed by atoms with Crippen molar-refractivity contribution >= 4 is 5.71 Å². The SMILES string of the molecule is Cc1cc(C)n(N=C2CCCc3ccccc32)c(=O)c1C#N. The first-order chi connectivity index (χ1) is 10.6. The van der Waals surface area contributed by atoms with Crippen LogP contribution in [0.25, 0.3) is 0 Å². The summed E-state index contributed by atoms with van der Waals surface area (Å²) >= 11 is 0. The van der Waals surface area contributed by atoms with E-state index in [1.54, 1.807) is 6.92 Å². The second kappa shape index (κ2) is 5.61. The second-order valence-electron chi connectivity index (χ2n) is 5.63. The molecule has 3 rings (SSSR count). The van der Waals surface area contributed by atoms with E-state index in [1.807, 2.05) is 37.3 Å². The number of nitriles is 1. The molecule has 4 heteroatoms. The lowest BCUT2D eigenvalue weighted by molar-refractivity contribution is 0.759. The predicted octanol–water partition coefficient (Wildman–Crippen LogP) is 2.93. The Kier molecular flexibility index (Phi) is 3.64. The molecule has 110 valence electrons. The number of hydrogen-bond donors (Lipinski definition) is 0. The Morgan fingerprint density at radius 1 is 1.23 bits per heavy atom. The maximum atomic E-state index is 12.5. The molecule has 0 atom stereocenters. The van der Waals surface area contributed by atoms with Crippen molar-refractivity contribution in [2.45, 2.75) is 33.1 Å². The molecule has 1 aliphatic rings. The van der Waals surface area contributed by atoms with Gasteiger partial charge in [-0.15, -0.1) is 0 Å². The number of hydrogen-bond acceptors (Lipinski definition) is 3. The van der Waals surface area contributed by atoms with Crippen LogP contribution in [0.4, 0.5) is 0 Å². The molecular weight excluding hydrogens is 274 g/mol. The average molecular weight is 291 g/mol. The van der Waals surface area contributed by atoms with Gasteiger partial charge >= 0.3 is 0 Å². The number of benzene rings is 1. The number of nitrogens with zero attached hydrogens (tertiary/aromatic N) is 3. The van der Waals surface area contributed by atoms with E-state index < -0.39 is 0 Å². The highest BCUT2D eigenvalue weighted by Crippen LogP contribution is 2.21. The zero-order valence-corrected chi connectivity index (χ0v) is 12.8. The summed E-state index contributed by atoms with van der Waals surface area (Å²) in [5.74, 6) is 0. The smallest absolute Gasteiger partial charge is 0.266 e. The predicted molar refractivity (Wildman–Crippen MR) is 86.2 cm³/mol. The van der Waals surface area contributed by atoms with Crippen LogP contribution >= 0.6 is 0 Å². The summed E-state index contributed by atoms with van der Waals surface area (Å²) in [4.78, 5) is 12.5. The van der Waals surface area contributed by atoms with Crippen molar-refractivity contribution < 1.29 is 0 Å². The Balaban J connectivity index is 2.20. The van der Waals surface area contributed by atoms with E-state index in [4.69, 9.17) is 5.26 Å². The van der Waals surface area contributed by atoms with Crippen molar-refractivity contribution in [1.82, 2.24) is 4.68 Å². The van der Waals surface area contributed by atoms with Gasteiger partial charge in [0.05, 0.1) is 5.71 Å². The molecule has 2 aromatic rings. The van der Waals surface area contributed by atoms with Crippen molar-refractivity contribution in [2.24, 2.45) is 5.10 Å². The summed E-state index contributed by atoms with van der Waals surface area (Å²) in [6.45, 7) is 3.62. The fraction of sp³-hybridized carbons (Fsp3) is 0.278. The van der Waals surface area contributed by atoms with E-state index in [0.717, 1.165) is 36.2 Å². The van der Waals surface area contributed by atoms with Gasteiger partial charge in [-0.25, -0.2) is 4.68 Å². The van der Waals surface area contributed by atoms with Crippen molar-refractivity contribution in [3.63, 3.8) is 0 Å². The van der Waals surface area contributed by atoms with Gasteiger partial charge in [0.25, 0.3) is 5.56 Å². The summed E-state index contributed by atoms with van der Waals surface area (Å²) in [7, 11) is 0. The van der Waals surface area contributed by atoms with Gasteiger partial charge in [-0.05, 0) is 50.3 Å². The van der Waals surface area contributed by atoms with Crippen LogP contribution in [-0.4, -0.2) is 10.4 Å². The van der Waals surface area contributed by atoms with Crippen LogP contribution in [0.5, 0.6) is 0 Å². The van der Waals surface area contributed by atoms with Crippen LogP contribution in [0.3, 0.4) is 0 Å². The van der Waals surface area contributed by atoms with Crippen LogP contribution < -0.4 is 5.56 Å². The first kappa shape index (κ1) is 14.3. The topological polar surface area (TPSA) is 58.1 Å². The Hall–Kier alpha value is -2.67. The second-order valence-corrected chi connectivity index (χ2v) is 5.63. The molecule has 4 nitrogen and oxygen atoms in total. The fourth-order valence-corrected chi connectivity index (χ4v) is 2.97. The number of aromatic nitrogens is 1. The van der Waals surface area contributed by atoms with Gasteiger partial charge < -0.3 is 0 Å². The quantitative estimate of drug-likeness (QED) is 0.811. The Morgan fingerprint density at radius 3 is 2.77 bits per heavy atom. The zero-order valence-electron chi connectivity index (χ0n) is 12.8. The number of aryl methyl sites for hydroxylation is 3.